The number of anilines is 3. The van der Waals surface area contributed by atoms with Gasteiger partial charge in [-0.2, -0.15) is 0 Å². The largest absolute Gasteiger partial charge is 0.480 e. The molecule has 12 heterocycles. The molecule has 0 saturated carbocycles. The molecule has 0 bridgehead atoms. The molecule has 0 aliphatic rings. The summed E-state index contributed by atoms with van der Waals surface area (Å²) in [4.78, 5) is 116. The number of halogens is 5. The van der Waals surface area contributed by atoms with Gasteiger partial charge in [0.2, 0.25) is 5.88 Å². The van der Waals surface area contributed by atoms with Crippen LogP contribution in [0.4, 0.5) is 17.3 Å². The molecular formula is C69H66Br5N15O16S2. The highest BCUT2D eigenvalue weighted by Crippen LogP contribution is 2.32. The number of aryl methyl sites for hydroxylation is 2. The minimum atomic E-state index is -3.90. The van der Waals surface area contributed by atoms with Crippen LogP contribution >= 0.6 is 91.0 Å². The normalized spacial score (nSPS) is 10.6. The van der Waals surface area contributed by atoms with E-state index in [1.807, 2.05) is 12.1 Å². The van der Waals surface area contributed by atoms with Crippen LogP contribution in [-0.4, -0.2) is 130 Å². The number of aliphatic hydroxyl groups is 1. The number of nitrogens with zero attached hydrogens (tertiary/aromatic N) is 12. The Labute approximate surface area is 655 Å². The molecule has 560 valence electrons. The summed E-state index contributed by atoms with van der Waals surface area (Å²) in [5.41, 5.74) is 9.21. The van der Waals surface area contributed by atoms with Crippen molar-refractivity contribution in [3.63, 3.8) is 0 Å². The van der Waals surface area contributed by atoms with Crippen molar-refractivity contribution < 1.29 is 56.3 Å². The Hall–Kier alpha value is -9.90. The Kier molecular flexibility index (Phi) is 32.1. The topological polar surface area (TPSA) is 400 Å². The summed E-state index contributed by atoms with van der Waals surface area (Å²) in [5, 5.41) is 12.3. The highest BCUT2D eigenvalue weighted by molar-refractivity contribution is 9.11. The van der Waals surface area contributed by atoms with Gasteiger partial charge >= 0.3 is 17.9 Å². The molecule has 12 aromatic heterocycles. The molecule has 12 rings (SSSR count). The third kappa shape index (κ3) is 23.5. The van der Waals surface area contributed by atoms with Crippen LogP contribution < -0.4 is 42.7 Å². The summed E-state index contributed by atoms with van der Waals surface area (Å²) < 4.78 is 68.0. The van der Waals surface area contributed by atoms with Gasteiger partial charge < -0.3 is 44.6 Å². The van der Waals surface area contributed by atoms with Crippen LogP contribution in [0, 0.1) is 13.8 Å². The maximum atomic E-state index is 13.0. The number of methoxy groups -OCH3 is 3. The standard InChI is InChI=1S/C21H21N5O5S2.C13H15BrN2O4.C11H9BrN2O3.C10H9BrN2O2.C9H7BrN2O2.C5H5BrN2/c1-12-21(32-13(2)24-12)33(28,29)25-17-7-15(8-23-19(17)31-4)14-5-6-18-22-9-16(11-30-3)20(27)26(18)10-14;1-3-19-12(17)10(13(18)20-4-2)8-16-11-6-5-9(14)7-15-11;1-2-17-11(16)8-5-13-9-4-3-7(12)6-14(9)10(8)15;1-15-6-7-4-12-9-3-2-8(11)5-13(9)10(7)14;10-7-1-2-8-11-3-6(5-13)9(14)12(8)4-7;6-4-1-2-5(7)8-3-4/h5-10,25H,11H2,1-4H3;5-8H,3-4H2,1-2H3,(H,15,16);3-6H,2H2,1H3;2-5H,6H2,1H3;1-4,13H,5H2;1-3H,(H2,7,8). The van der Waals surface area contributed by atoms with E-state index in [-0.39, 0.29) is 83.2 Å². The van der Waals surface area contributed by atoms with Crippen LogP contribution in [0.5, 0.6) is 5.88 Å². The zero-order chi connectivity index (χ0) is 78.1. The Bertz CT molecular complexity index is 5520. The van der Waals surface area contributed by atoms with Crippen LogP contribution in [0.2, 0.25) is 0 Å². The summed E-state index contributed by atoms with van der Waals surface area (Å²) in [6.45, 7) is 9.08. The zero-order valence-electron chi connectivity index (χ0n) is 57.9. The van der Waals surface area contributed by atoms with E-state index in [9.17, 15) is 42.0 Å². The quantitative estimate of drug-likeness (QED) is 0.0204. The summed E-state index contributed by atoms with van der Waals surface area (Å²) in [5.74, 6) is -0.985. The first-order chi connectivity index (χ1) is 51.2. The molecule has 5 N–H and O–H groups in total. The van der Waals surface area contributed by atoms with E-state index in [1.165, 1.54) is 62.8 Å². The third-order valence-corrected chi connectivity index (χ3v) is 19.1. The minimum absolute atomic E-state index is 0.0672. The first kappa shape index (κ1) is 84.4. The molecule has 0 aliphatic carbocycles. The number of carbonyl (C=O) groups is 3. The van der Waals surface area contributed by atoms with Gasteiger partial charge in [-0.1, -0.05) is 0 Å². The van der Waals surface area contributed by atoms with E-state index in [4.69, 9.17) is 39.3 Å². The van der Waals surface area contributed by atoms with E-state index in [2.05, 4.69) is 130 Å². The number of hydrogen-bond donors (Lipinski definition) is 4. The fourth-order valence-corrected chi connectivity index (χ4v) is 12.9. The Morgan fingerprint density at radius 2 is 1.02 bits per heavy atom. The Morgan fingerprint density at radius 3 is 1.47 bits per heavy atom. The number of nitrogen functional groups attached to an aromatic ring is 1. The number of hydrogen-bond acceptors (Lipinski definition) is 27. The van der Waals surface area contributed by atoms with Gasteiger partial charge in [0.05, 0.1) is 74.1 Å². The molecule has 107 heavy (non-hydrogen) atoms. The number of nitrogens with two attached hydrogens (primary N) is 1. The van der Waals surface area contributed by atoms with E-state index in [0.29, 0.717) is 72.7 Å². The van der Waals surface area contributed by atoms with Gasteiger partial charge in [-0.25, -0.2) is 62.7 Å². The van der Waals surface area contributed by atoms with Crippen molar-refractivity contribution in [1.29, 1.82) is 0 Å². The molecule has 0 spiro atoms. The number of esters is 3. The average Bonchev–Trinajstić information content (AvgIpc) is 1.62. The predicted molar refractivity (Wildman–Crippen MR) is 418 cm³/mol. The number of sulfonamides is 1. The van der Waals surface area contributed by atoms with Crippen molar-refractivity contribution in [1.82, 2.24) is 57.5 Å². The van der Waals surface area contributed by atoms with Gasteiger partial charge in [0, 0.05) is 122 Å². The second-order valence-electron chi connectivity index (χ2n) is 21.3. The third-order valence-electron chi connectivity index (χ3n) is 13.7. The van der Waals surface area contributed by atoms with Crippen molar-refractivity contribution in [2.24, 2.45) is 0 Å². The smallest absolute Gasteiger partial charge is 0.347 e. The summed E-state index contributed by atoms with van der Waals surface area (Å²) >= 11 is 17.4. The minimum Gasteiger partial charge on any atom is -0.480 e. The fraction of sp³-hybridized carbons (Fsp3) is 0.203. The maximum Gasteiger partial charge on any atom is 0.347 e. The lowest BCUT2D eigenvalue weighted by molar-refractivity contribution is -0.146. The van der Waals surface area contributed by atoms with Crippen LogP contribution in [0.15, 0.2) is 205 Å². The number of ether oxygens (including phenoxy) is 6. The SMILES string of the molecule is CCOC(=O)C(=CNc1ccc(Br)cn1)C(=O)OCC.CCOC(=O)c1cnc2ccc(Br)cn2c1=O.COCc1cnc2ccc(-c3cnc(OC)c(NS(=O)(=O)c4sc(C)nc4C)c3)cn2c1=O.COCc1cnc2ccc(Br)cn2c1=O.Nc1ccc(Br)cn1.O=c1c(CO)cnc2ccc(Br)cn12. The molecular weight excluding hydrogens is 1760 g/mol. The molecule has 0 saturated heterocycles. The second-order valence-corrected chi connectivity index (χ2v) is 28.9. The number of pyridine rings is 7. The van der Waals surface area contributed by atoms with Crippen LogP contribution in [0.1, 0.15) is 58.5 Å². The molecule has 31 nitrogen and oxygen atoms in total. The molecule has 0 fully saturated rings. The van der Waals surface area contributed by atoms with Crippen molar-refractivity contribution in [2.45, 2.75) is 58.6 Å². The van der Waals surface area contributed by atoms with Crippen molar-refractivity contribution in [3.8, 4) is 17.0 Å². The first-order valence-corrected chi connectivity index (χ1v) is 37.5. The summed E-state index contributed by atoms with van der Waals surface area (Å²) in [7, 11) is 0.558. The van der Waals surface area contributed by atoms with Crippen molar-refractivity contribution in [3.05, 3.63) is 256 Å². The van der Waals surface area contributed by atoms with Crippen LogP contribution in [0.3, 0.4) is 0 Å². The number of nitrogens with one attached hydrogen (secondary N) is 2. The van der Waals surface area contributed by atoms with E-state index >= 15 is 0 Å². The first-order valence-electron chi connectivity index (χ1n) is 31.2. The van der Waals surface area contributed by atoms with Crippen LogP contribution in [-0.2, 0) is 63.1 Å². The summed E-state index contributed by atoms with van der Waals surface area (Å²) in [6, 6.07) is 22.7. The molecule has 0 amide bonds. The van der Waals surface area contributed by atoms with Gasteiger partial charge in [-0.15, -0.1) is 11.3 Å². The predicted octanol–water partition coefficient (Wildman–Crippen LogP) is 10.7. The monoisotopic (exact) mass is 1820 g/mol. The van der Waals surface area contributed by atoms with E-state index in [0.717, 1.165) is 33.7 Å². The van der Waals surface area contributed by atoms with Crippen molar-refractivity contribution >= 4 is 159 Å². The highest BCUT2D eigenvalue weighted by Gasteiger charge is 2.25. The zero-order valence-corrected chi connectivity index (χ0v) is 67.5. The lowest BCUT2D eigenvalue weighted by Crippen LogP contribution is -2.24. The molecule has 0 radical (unpaired) electrons. The van der Waals surface area contributed by atoms with E-state index in [1.54, 1.807) is 152 Å². The number of aromatic nitrogens is 12. The Balaban J connectivity index is 0.000000188. The van der Waals surface area contributed by atoms with Gasteiger partial charge in [-0.05, 0) is 193 Å². The number of rotatable bonds is 18. The van der Waals surface area contributed by atoms with Gasteiger partial charge in [0.15, 0.2) is 9.78 Å². The Morgan fingerprint density at radius 1 is 0.551 bits per heavy atom. The average molecular weight is 1830 g/mol. The van der Waals surface area contributed by atoms with Crippen molar-refractivity contribution in [2.75, 3.05) is 56.9 Å². The molecule has 0 aromatic carbocycles. The molecule has 0 unspecified atom stereocenters. The molecule has 0 atom stereocenters. The van der Waals surface area contributed by atoms with E-state index < -0.39 is 33.5 Å². The lowest BCUT2D eigenvalue weighted by Gasteiger charge is -2.13. The summed E-state index contributed by atoms with van der Waals surface area (Å²) in [6.07, 6.45) is 18.2. The van der Waals surface area contributed by atoms with Gasteiger partial charge in [0.1, 0.15) is 45.5 Å². The lowest BCUT2D eigenvalue weighted by atomic mass is 10.1. The van der Waals surface area contributed by atoms with Gasteiger partial charge in [0.25, 0.3) is 32.3 Å². The number of fused-ring (bicyclic) bond motifs is 4. The fourth-order valence-electron chi connectivity index (χ4n) is 8.89. The second kappa shape index (κ2) is 40.7. The molecule has 12 aromatic rings. The van der Waals surface area contributed by atoms with Crippen LogP contribution in [0.25, 0.3) is 33.7 Å². The van der Waals surface area contributed by atoms with Gasteiger partial charge in [-0.3, -0.25) is 41.5 Å². The molecule has 38 heteroatoms. The number of thiazole rings is 1. The highest BCUT2D eigenvalue weighted by atomic mass is 79.9. The maximum absolute atomic E-state index is 13.0. The molecule has 0 aliphatic heterocycles. The number of aliphatic hydroxyl groups excluding tert-OH is 1. The number of carbonyl (C=O) groups excluding carboxylic acids is 3.